The number of hydrogen-bond donors (Lipinski definition) is 1. The van der Waals surface area contributed by atoms with Gasteiger partial charge in [0, 0.05) is 18.9 Å². The summed E-state index contributed by atoms with van der Waals surface area (Å²) in [5, 5.41) is 3.19. The first-order chi connectivity index (χ1) is 16.3. The zero-order valence-electron chi connectivity index (χ0n) is 20.3. The van der Waals surface area contributed by atoms with Crippen LogP contribution >= 0.6 is 0 Å². The van der Waals surface area contributed by atoms with Gasteiger partial charge in [0.2, 0.25) is 0 Å². The fourth-order valence-corrected chi connectivity index (χ4v) is 5.05. The van der Waals surface area contributed by atoms with Crippen LogP contribution in [0, 0.1) is 6.92 Å². The minimum atomic E-state index is -1.04. The second-order valence-corrected chi connectivity index (χ2v) is 10.4. The number of nitrogens with one attached hydrogen (secondary N) is 1. The Hall–Kier alpha value is -2.25. The van der Waals surface area contributed by atoms with Gasteiger partial charge in [0.25, 0.3) is 5.91 Å². The van der Waals surface area contributed by atoms with Crippen molar-refractivity contribution in [2.75, 3.05) is 0 Å². The molecule has 2 aromatic carbocycles. The molecular weight excluding hydrogens is 430 g/mol. The van der Waals surface area contributed by atoms with Crippen LogP contribution in [0.1, 0.15) is 56.2 Å². The first-order valence-corrected chi connectivity index (χ1v) is 12.3. The Bertz CT molecular complexity index is 1000. The minimum absolute atomic E-state index is 0.0669. The summed E-state index contributed by atoms with van der Waals surface area (Å²) >= 11 is 0. The molecule has 6 heteroatoms. The molecular formula is C28H35NO5. The average molecular weight is 466 g/mol. The van der Waals surface area contributed by atoms with E-state index in [-0.39, 0.29) is 30.3 Å². The van der Waals surface area contributed by atoms with Gasteiger partial charge in [0.15, 0.2) is 11.4 Å². The van der Waals surface area contributed by atoms with E-state index >= 15 is 0 Å². The molecule has 6 nitrogen and oxygen atoms in total. The smallest absolute Gasteiger partial charge is 0.252 e. The molecule has 1 amide bonds. The highest BCUT2D eigenvalue weighted by Crippen LogP contribution is 2.44. The van der Waals surface area contributed by atoms with Crippen LogP contribution in [0.3, 0.4) is 0 Å². The molecule has 3 fully saturated rings. The molecule has 2 aliphatic carbocycles. The lowest BCUT2D eigenvalue weighted by molar-refractivity contribution is -0.183. The van der Waals surface area contributed by atoms with Crippen molar-refractivity contribution >= 4 is 5.91 Å². The van der Waals surface area contributed by atoms with Gasteiger partial charge in [-0.1, -0.05) is 60.2 Å². The van der Waals surface area contributed by atoms with Crippen molar-refractivity contribution in [2.24, 2.45) is 0 Å². The van der Waals surface area contributed by atoms with Crippen LogP contribution in [0.4, 0.5) is 0 Å². The number of aryl methyl sites for hydroxylation is 1. The third-order valence-electron chi connectivity index (χ3n) is 6.88. The predicted molar refractivity (Wildman–Crippen MR) is 128 cm³/mol. The molecule has 1 N–H and O–H groups in total. The van der Waals surface area contributed by atoms with E-state index in [1.807, 2.05) is 56.3 Å². The molecule has 3 aliphatic rings. The second-order valence-electron chi connectivity index (χ2n) is 10.4. The Kier molecular flexibility index (Phi) is 6.51. The normalized spacial score (nSPS) is 30.0. The van der Waals surface area contributed by atoms with Crippen LogP contribution in [-0.2, 0) is 37.0 Å². The average Bonchev–Trinajstić information content (AvgIpc) is 3.56. The third kappa shape index (κ3) is 5.36. The van der Waals surface area contributed by atoms with Crippen molar-refractivity contribution in [1.82, 2.24) is 5.32 Å². The lowest BCUT2D eigenvalue weighted by Crippen LogP contribution is -2.60. The van der Waals surface area contributed by atoms with Gasteiger partial charge in [0.1, 0.15) is 6.10 Å². The van der Waals surface area contributed by atoms with Gasteiger partial charge >= 0.3 is 0 Å². The van der Waals surface area contributed by atoms with E-state index in [0.29, 0.717) is 26.1 Å². The number of fused-ring (bicyclic) bond motifs is 1. The molecule has 1 unspecified atom stereocenters. The summed E-state index contributed by atoms with van der Waals surface area (Å²) in [6, 6.07) is 18.5. The van der Waals surface area contributed by atoms with Crippen molar-refractivity contribution in [3.05, 3.63) is 71.3 Å². The quantitative estimate of drug-likeness (QED) is 0.625. The molecule has 34 heavy (non-hydrogen) atoms. The van der Waals surface area contributed by atoms with Gasteiger partial charge in [0.05, 0.1) is 25.4 Å². The number of carbonyl (C=O) groups excluding carboxylic acids is 1. The molecule has 1 saturated heterocycles. The topological polar surface area (TPSA) is 66.0 Å². The van der Waals surface area contributed by atoms with E-state index < -0.39 is 11.4 Å². The van der Waals surface area contributed by atoms with E-state index in [4.69, 9.17) is 18.9 Å². The predicted octanol–water partition coefficient (Wildman–Crippen LogP) is 4.43. The lowest BCUT2D eigenvalue weighted by atomic mass is 9.78. The van der Waals surface area contributed by atoms with Crippen LogP contribution in [-0.4, -0.2) is 41.6 Å². The van der Waals surface area contributed by atoms with Crippen molar-refractivity contribution in [2.45, 2.75) is 95.4 Å². The Morgan fingerprint density at radius 2 is 1.76 bits per heavy atom. The Morgan fingerprint density at radius 3 is 2.50 bits per heavy atom. The summed E-state index contributed by atoms with van der Waals surface area (Å²) in [5.74, 6) is -0.800. The molecule has 1 aliphatic heterocycles. The van der Waals surface area contributed by atoms with E-state index in [1.54, 1.807) is 0 Å². The summed E-state index contributed by atoms with van der Waals surface area (Å²) in [6.45, 7) is 6.69. The number of hydrogen-bond acceptors (Lipinski definition) is 5. The summed E-state index contributed by atoms with van der Waals surface area (Å²) < 4.78 is 25.5. The molecule has 0 spiro atoms. The highest BCUT2D eigenvalue weighted by molar-refractivity contribution is 5.86. The number of ether oxygens (including phenoxy) is 4. The van der Waals surface area contributed by atoms with Crippen molar-refractivity contribution in [3.8, 4) is 0 Å². The maximum Gasteiger partial charge on any atom is 0.252 e. The van der Waals surface area contributed by atoms with Crippen LogP contribution in [0.25, 0.3) is 0 Å². The van der Waals surface area contributed by atoms with Crippen LogP contribution in [0.5, 0.6) is 0 Å². The van der Waals surface area contributed by atoms with Gasteiger partial charge in [-0.2, -0.15) is 0 Å². The highest BCUT2D eigenvalue weighted by Gasteiger charge is 2.58. The molecule has 4 atom stereocenters. The van der Waals surface area contributed by atoms with Crippen molar-refractivity contribution < 1.29 is 23.7 Å². The summed E-state index contributed by atoms with van der Waals surface area (Å²) in [7, 11) is 0. The monoisotopic (exact) mass is 465 g/mol. The Morgan fingerprint density at radius 1 is 1.00 bits per heavy atom. The molecule has 0 radical (unpaired) electrons. The van der Waals surface area contributed by atoms with Crippen molar-refractivity contribution in [3.63, 3.8) is 0 Å². The second kappa shape index (κ2) is 9.42. The fraction of sp³-hybridized carbons (Fsp3) is 0.536. The molecule has 182 valence electrons. The zero-order valence-corrected chi connectivity index (χ0v) is 20.3. The Balaban J connectivity index is 1.40. The number of rotatable bonds is 8. The van der Waals surface area contributed by atoms with Gasteiger partial charge in [-0.05, 0) is 44.7 Å². The molecule has 2 saturated carbocycles. The first-order valence-electron chi connectivity index (χ1n) is 12.3. The number of carbonyl (C=O) groups is 1. The van der Waals surface area contributed by atoms with E-state index in [9.17, 15) is 4.79 Å². The fourth-order valence-electron chi connectivity index (χ4n) is 5.05. The molecule has 0 bridgehead atoms. The maximum atomic E-state index is 13.6. The van der Waals surface area contributed by atoms with E-state index in [2.05, 4.69) is 24.4 Å². The first kappa shape index (κ1) is 23.5. The van der Waals surface area contributed by atoms with Crippen molar-refractivity contribution in [1.29, 1.82) is 0 Å². The Labute approximate surface area is 201 Å². The van der Waals surface area contributed by atoms with Crippen LogP contribution < -0.4 is 5.32 Å². The van der Waals surface area contributed by atoms with Gasteiger partial charge in [-0.3, -0.25) is 4.79 Å². The summed E-state index contributed by atoms with van der Waals surface area (Å²) in [6.07, 6.45) is 2.04. The molecule has 0 aromatic heterocycles. The molecule has 2 aromatic rings. The largest absolute Gasteiger partial charge is 0.371 e. The van der Waals surface area contributed by atoms with Crippen LogP contribution in [0.15, 0.2) is 54.6 Å². The van der Waals surface area contributed by atoms with Gasteiger partial charge in [-0.25, -0.2) is 0 Å². The summed E-state index contributed by atoms with van der Waals surface area (Å²) in [4.78, 5) is 13.6. The summed E-state index contributed by atoms with van der Waals surface area (Å²) in [5.41, 5.74) is 2.25. The molecule has 5 rings (SSSR count). The number of benzene rings is 2. The maximum absolute atomic E-state index is 13.6. The number of amides is 1. The van der Waals surface area contributed by atoms with Gasteiger partial charge in [-0.15, -0.1) is 0 Å². The third-order valence-corrected chi connectivity index (χ3v) is 6.88. The highest BCUT2D eigenvalue weighted by atomic mass is 16.8. The minimum Gasteiger partial charge on any atom is -0.371 e. The zero-order chi connectivity index (χ0) is 23.8. The van der Waals surface area contributed by atoms with E-state index in [0.717, 1.165) is 24.0 Å². The van der Waals surface area contributed by atoms with Crippen LogP contribution in [0.2, 0.25) is 0 Å². The van der Waals surface area contributed by atoms with E-state index in [1.165, 1.54) is 5.56 Å². The van der Waals surface area contributed by atoms with Gasteiger partial charge < -0.3 is 24.3 Å². The SMILES string of the molecule is Cc1cccc(CO[C@]2(C(=O)NC3CC3)CC(OCc3ccccc3)[C@@H]3OC(C)(C)O[C@@H]3C2)c1. The lowest BCUT2D eigenvalue weighted by Gasteiger charge is -2.43. The molecule has 1 heterocycles. The standard InChI is InChI=1S/C28H35NO5/c1-19-8-7-11-21(14-19)18-32-28(26(30)29-22-12-13-22)15-23(31-17-20-9-5-4-6-10-20)25-24(16-28)33-27(2,3)34-25/h4-11,14,22-25H,12-13,15-18H2,1-3H3,(H,29,30)/t23?,24-,25+,28-/m1/s1.